The van der Waals surface area contributed by atoms with E-state index in [4.69, 9.17) is 9.47 Å². The molecule has 1 atom stereocenters. The van der Waals surface area contributed by atoms with E-state index < -0.39 is 17.7 Å². The number of aliphatic hydroxyl groups is 1. The van der Waals surface area contributed by atoms with Crippen LogP contribution in [0.25, 0.3) is 0 Å². The first-order valence-electron chi connectivity index (χ1n) is 7.79. The Bertz CT molecular complexity index is 436. The van der Waals surface area contributed by atoms with Crippen LogP contribution in [0.1, 0.15) is 27.7 Å². The summed E-state index contributed by atoms with van der Waals surface area (Å²) in [6.45, 7) is 13.3. The number of esters is 1. The zero-order valence-electron chi connectivity index (χ0n) is 14.5. The van der Waals surface area contributed by atoms with E-state index in [2.05, 4.69) is 6.58 Å². The predicted molar refractivity (Wildman–Crippen MR) is 86.0 cm³/mol. The van der Waals surface area contributed by atoms with Crippen LogP contribution in [-0.2, 0) is 14.3 Å². The Morgan fingerprint density at radius 2 is 1.78 bits per heavy atom. The molecule has 1 heterocycles. The molecule has 0 radical (unpaired) electrons. The highest BCUT2D eigenvalue weighted by molar-refractivity contribution is 5.86. The number of aliphatic hydroxyl groups excluding tert-OH is 1. The van der Waals surface area contributed by atoms with Crippen LogP contribution in [0.4, 0.5) is 4.79 Å². The fraction of sp³-hybridized carbons (Fsp3) is 0.750. The van der Waals surface area contributed by atoms with E-state index in [-0.39, 0.29) is 12.7 Å². The van der Waals surface area contributed by atoms with Crippen LogP contribution in [-0.4, -0.2) is 78.0 Å². The van der Waals surface area contributed by atoms with E-state index in [0.29, 0.717) is 38.3 Å². The van der Waals surface area contributed by atoms with Gasteiger partial charge in [-0.05, 0) is 27.7 Å². The molecule has 7 nitrogen and oxygen atoms in total. The minimum absolute atomic E-state index is 0.0576. The van der Waals surface area contributed by atoms with Gasteiger partial charge in [0.25, 0.3) is 0 Å². The first-order chi connectivity index (χ1) is 10.6. The number of piperazine rings is 1. The minimum atomic E-state index is -0.758. The highest BCUT2D eigenvalue weighted by Gasteiger charge is 2.26. The van der Waals surface area contributed by atoms with E-state index in [1.54, 1.807) is 11.8 Å². The maximum atomic E-state index is 12.0. The molecule has 1 aliphatic heterocycles. The summed E-state index contributed by atoms with van der Waals surface area (Å²) < 4.78 is 10.3. The Hall–Kier alpha value is -1.60. The number of carbonyl (C=O) groups excluding carboxylic acids is 2. The van der Waals surface area contributed by atoms with E-state index in [0.717, 1.165) is 0 Å². The smallest absolute Gasteiger partial charge is 0.410 e. The van der Waals surface area contributed by atoms with Crippen LogP contribution >= 0.6 is 0 Å². The van der Waals surface area contributed by atoms with Crippen molar-refractivity contribution in [3.05, 3.63) is 12.2 Å². The summed E-state index contributed by atoms with van der Waals surface area (Å²) in [5, 5.41) is 9.91. The molecule has 0 bridgehead atoms. The summed E-state index contributed by atoms with van der Waals surface area (Å²) in [6, 6.07) is 0. The highest BCUT2D eigenvalue weighted by atomic mass is 16.6. The summed E-state index contributed by atoms with van der Waals surface area (Å²) in [5.41, 5.74) is -0.194. The molecule has 1 fully saturated rings. The molecule has 0 saturated carbocycles. The topological polar surface area (TPSA) is 79.3 Å². The van der Waals surface area contributed by atoms with Crippen molar-refractivity contribution in [2.24, 2.45) is 0 Å². The average Bonchev–Trinajstić information content (AvgIpc) is 2.43. The molecule has 0 spiro atoms. The van der Waals surface area contributed by atoms with E-state index in [1.165, 1.54) is 0 Å². The van der Waals surface area contributed by atoms with Crippen LogP contribution in [0, 0.1) is 0 Å². The molecular formula is C16H28N2O5. The summed E-state index contributed by atoms with van der Waals surface area (Å²) in [4.78, 5) is 26.9. The number of nitrogens with zero attached hydrogens (tertiary/aromatic N) is 2. The van der Waals surface area contributed by atoms with Gasteiger partial charge >= 0.3 is 12.1 Å². The normalized spacial score (nSPS) is 17.5. The number of β-amino-alcohol motifs (C(OH)–C–C–N with tert-alkyl or cyclic N) is 1. The van der Waals surface area contributed by atoms with Gasteiger partial charge in [0.15, 0.2) is 0 Å². The van der Waals surface area contributed by atoms with E-state index in [1.807, 2.05) is 25.7 Å². The molecule has 132 valence electrons. The molecule has 0 aliphatic carbocycles. The van der Waals surface area contributed by atoms with Gasteiger partial charge in [0.2, 0.25) is 0 Å². The minimum Gasteiger partial charge on any atom is -0.460 e. The molecule has 1 aliphatic rings. The molecule has 7 heteroatoms. The lowest BCUT2D eigenvalue weighted by molar-refractivity contribution is -0.142. The standard InChI is InChI=1S/C16H28N2O5/c1-12(2)14(20)22-11-13(19)10-17-6-8-18(9-7-17)15(21)23-16(3,4)5/h13,19H,1,6-11H2,2-5H3. The second-order valence-electron chi connectivity index (χ2n) is 6.80. The molecule has 23 heavy (non-hydrogen) atoms. The van der Waals surface area contributed by atoms with Gasteiger partial charge in [-0.2, -0.15) is 0 Å². The Labute approximate surface area is 137 Å². The summed E-state index contributed by atoms with van der Waals surface area (Å²) in [5.74, 6) is -0.501. The van der Waals surface area contributed by atoms with Gasteiger partial charge in [0.05, 0.1) is 0 Å². The largest absolute Gasteiger partial charge is 0.460 e. The van der Waals surface area contributed by atoms with Crippen LogP contribution in [0.5, 0.6) is 0 Å². The van der Waals surface area contributed by atoms with E-state index >= 15 is 0 Å². The summed E-state index contributed by atoms with van der Waals surface area (Å²) in [6.07, 6.45) is -1.07. The number of carbonyl (C=O) groups is 2. The van der Waals surface area contributed by atoms with Crippen molar-refractivity contribution in [3.63, 3.8) is 0 Å². The van der Waals surface area contributed by atoms with Crippen LogP contribution < -0.4 is 0 Å². The molecule has 1 rings (SSSR count). The van der Waals surface area contributed by atoms with Crippen molar-refractivity contribution in [1.82, 2.24) is 9.80 Å². The van der Waals surface area contributed by atoms with Gasteiger partial charge in [0, 0.05) is 38.3 Å². The quantitative estimate of drug-likeness (QED) is 0.599. The van der Waals surface area contributed by atoms with Gasteiger partial charge < -0.3 is 19.5 Å². The predicted octanol–water partition coefficient (Wildman–Crippen LogP) is 1.02. The van der Waals surface area contributed by atoms with E-state index in [9.17, 15) is 14.7 Å². The van der Waals surface area contributed by atoms with Crippen molar-refractivity contribution in [2.75, 3.05) is 39.3 Å². The van der Waals surface area contributed by atoms with Crippen LogP contribution in [0.2, 0.25) is 0 Å². The first-order valence-corrected chi connectivity index (χ1v) is 7.79. The van der Waals surface area contributed by atoms with Gasteiger partial charge in [-0.25, -0.2) is 9.59 Å². The highest BCUT2D eigenvalue weighted by Crippen LogP contribution is 2.12. The fourth-order valence-corrected chi connectivity index (χ4v) is 2.09. The Kier molecular flexibility index (Phi) is 7.02. The van der Waals surface area contributed by atoms with Gasteiger partial charge in [0.1, 0.15) is 18.3 Å². The lowest BCUT2D eigenvalue weighted by Crippen LogP contribution is -2.51. The van der Waals surface area contributed by atoms with Gasteiger partial charge in [-0.15, -0.1) is 0 Å². The maximum absolute atomic E-state index is 12.0. The third kappa shape index (κ3) is 7.47. The Morgan fingerprint density at radius 3 is 2.26 bits per heavy atom. The van der Waals surface area contributed by atoms with Gasteiger partial charge in [-0.1, -0.05) is 6.58 Å². The van der Waals surface area contributed by atoms with Crippen LogP contribution in [0.15, 0.2) is 12.2 Å². The molecule has 1 amide bonds. The Morgan fingerprint density at radius 1 is 1.22 bits per heavy atom. The number of ether oxygens (including phenoxy) is 2. The van der Waals surface area contributed by atoms with Crippen molar-refractivity contribution in [2.45, 2.75) is 39.4 Å². The van der Waals surface area contributed by atoms with Gasteiger partial charge in [-0.3, -0.25) is 4.90 Å². The molecule has 0 aromatic carbocycles. The summed E-state index contributed by atoms with van der Waals surface area (Å²) in [7, 11) is 0. The fourth-order valence-electron chi connectivity index (χ4n) is 2.09. The van der Waals surface area contributed by atoms with Crippen molar-refractivity contribution >= 4 is 12.1 Å². The molecular weight excluding hydrogens is 300 g/mol. The molecule has 0 aromatic rings. The van der Waals surface area contributed by atoms with Crippen molar-refractivity contribution in [3.8, 4) is 0 Å². The SMILES string of the molecule is C=C(C)C(=O)OCC(O)CN1CCN(C(=O)OC(C)(C)C)CC1. The second-order valence-corrected chi connectivity index (χ2v) is 6.80. The monoisotopic (exact) mass is 328 g/mol. The maximum Gasteiger partial charge on any atom is 0.410 e. The lowest BCUT2D eigenvalue weighted by atomic mass is 10.2. The number of hydrogen-bond acceptors (Lipinski definition) is 6. The molecule has 0 aromatic heterocycles. The zero-order chi connectivity index (χ0) is 17.6. The molecule has 1 unspecified atom stereocenters. The third-order valence-electron chi connectivity index (χ3n) is 3.25. The Balaban J connectivity index is 2.29. The zero-order valence-corrected chi connectivity index (χ0v) is 14.5. The third-order valence-corrected chi connectivity index (χ3v) is 3.25. The second kappa shape index (κ2) is 8.31. The van der Waals surface area contributed by atoms with Crippen LogP contribution in [0.3, 0.4) is 0 Å². The number of amides is 1. The number of hydrogen-bond donors (Lipinski definition) is 1. The average molecular weight is 328 g/mol. The first kappa shape index (κ1) is 19.4. The molecule has 1 N–H and O–H groups in total. The number of rotatable bonds is 5. The molecule has 1 saturated heterocycles. The van der Waals surface area contributed by atoms with Crippen molar-refractivity contribution < 1.29 is 24.2 Å². The lowest BCUT2D eigenvalue weighted by Gasteiger charge is -2.36. The summed E-state index contributed by atoms with van der Waals surface area (Å²) >= 11 is 0. The van der Waals surface area contributed by atoms with Crippen molar-refractivity contribution in [1.29, 1.82) is 0 Å².